The fraction of sp³-hybridized carbons (Fsp3) is 0.765. The van der Waals surface area contributed by atoms with Crippen LogP contribution >= 0.6 is 12.6 Å². The van der Waals surface area contributed by atoms with Gasteiger partial charge in [0.05, 0.1) is 12.2 Å². The van der Waals surface area contributed by atoms with Crippen LogP contribution in [0, 0.1) is 0 Å². The van der Waals surface area contributed by atoms with Crippen LogP contribution in [0.1, 0.15) is 33.1 Å². The maximum atomic E-state index is 12.5. The van der Waals surface area contributed by atoms with Gasteiger partial charge in [0.2, 0.25) is 17.7 Å². The van der Waals surface area contributed by atoms with Crippen LogP contribution < -0.4 is 27.4 Å². The van der Waals surface area contributed by atoms with Gasteiger partial charge in [-0.05, 0) is 39.7 Å². The summed E-state index contributed by atoms with van der Waals surface area (Å²) in [5, 5.41) is 35.3. The van der Waals surface area contributed by atoms with Gasteiger partial charge in [-0.25, -0.2) is 4.79 Å². The summed E-state index contributed by atoms with van der Waals surface area (Å²) in [7, 11) is 0. The predicted molar refractivity (Wildman–Crippen MR) is 112 cm³/mol. The number of rotatable bonds is 14. The van der Waals surface area contributed by atoms with Gasteiger partial charge in [0.25, 0.3) is 0 Å². The van der Waals surface area contributed by atoms with Gasteiger partial charge >= 0.3 is 5.97 Å². The number of aliphatic hydroxyl groups is 2. The van der Waals surface area contributed by atoms with Crippen molar-refractivity contribution in [1.82, 2.24) is 16.0 Å². The van der Waals surface area contributed by atoms with Crippen molar-refractivity contribution < 1.29 is 34.5 Å². The highest BCUT2D eigenvalue weighted by atomic mass is 32.1. The van der Waals surface area contributed by atoms with Gasteiger partial charge in [-0.3, -0.25) is 14.4 Å². The molecule has 0 aliphatic heterocycles. The number of carbonyl (C=O) groups is 4. The number of thiol groups is 1. The molecule has 0 fully saturated rings. The van der Waals surface area contributed by atoms with Crippen LogP contribution in [0.3, 0.4) is 0 Å². The summed E-state index contributed by atoms with van der Waals surface area (Å²) in [6, 6.07) is -5.18. The molecule has 0 aromatic rings. The lowest BCUT2D eigenvalue weighted by Crippen LogP contribution is -2.61. The highest BCUT2D eigenvalue weighted by molar-refractivity contribution is 7.80. The van der Waals surface area contributed by atoms with Crippen molar-refractivity contribution in [1.29, 1.82) is 0 Å². The molecule has 0 aliphatic rings. The maximum Gasteiger partial charge on any atom is 0.326 e. The molecule has 6 unspecified atom stereocenters. The number of carboxylic acids is 1. The first-order valence-electron chi connectivity index (χ1n) is 9.52. The Morgan fingerprint density at radius 2 is 1.47 bits per heavy atom. The van der Waals surface area contributed by atoms with Crippen LogP contribution in [-0.4, -0.2) is 87.7 Å². The first kappa shape index (κ1) is 28.1. The lowest BCUT2D eigenvalue weighted by Gasteiger charge is -2.26. The molecule has 10 N–H and O–H groups in total. The van der Waals surface area contributed by atoms with Crippen LogP contribution in [-0.2, 0) is 19.2 Å². The minimum atomic E-state index is -1.46. The molecule has 0 saturated carbocycles. The Balaban J connectivity index is 5.11. The monoisotopic (exact) mass is 451 g/mol. The van der Waals surface area contributed by atoms with Crippen molar-refractivity contribution >= 4 is 36.3 Å². The molecule has 0 radical (unpaired) electrons. The van der Waals surface area contributed by atoms with Crippen molar-refractivity contribution in [3.05, 3.63) is 0 Å². The van der Waals surface area contributed by atoms with E-state index in [1.807, 2.05) is 0 Å². The molecule has 0 bridgehead atoms. The Bertz CT molecular complexity index is 591. The zero-order valence-corrected chi connectivity index (χ0v) is 18.0. The lowest BCUT2D eigenvalue weighted by atomic mass is 10.1. The average Bonchev–Trinajstić information content (AvgIpc) is 2.67. The molecule has 0 aromatic heterocycles. The number of aliphatic hydroxyl groups excluding tert-OH is 2. The first-order valence-corrected chi connectivity index (χ1v) is 10.2. The number of aliphatic carboxylic acids is 1. The highest BCUT2D eigenvalue weighted by Crippen LogP contribution is 2.03. The summed E-state index contributed by atoms with van der Waals surface area (Å²) in [5.41, 5.74) is 10.9. The van der Waals surface area contributed by atoms with Gasteiger partial charge < -0.3 is 42.7 Å². The third kappa shape index (κ3) is 9.71. The summed E-state index contributed by atoms with van der Waals surface area (Å²) < 4.78 is 0. The van der Waals surface area contributed by atoms with Crippen molar-refractivity contribution in [2.24, 2.45) is 11.5 Å². The normalized spacial score (nSPS) is 17.0. The zero-order chi connectivity index (χ0) is 23.4. The van der Waals surface area contributed by atoms with E-state index in [1.165, 1.54) is 13.8 Å². The maximum absolute atomic E-state index is 12.5. The fourth-order valence-corrected chi connectivity index (χ4v) is 2.61. The molecule has 0 heterocycles. The minimum Gasteiger partial charge on any atom is -0.480 e. The van der Waals surface area contributed by atoms with Crippen molar-refractivity contribution in [2.45, 2.75) is 69.5 Å². The van der Waals surface area contributed by atoms with Gasteiger partial charge in [-0.15, -0.1) is 0 Å². The van der Waals surface area contributed by atoms with E-state index < -0.39 is 60.1 Å². The molecule has 3 amide bonds. The van der Waals surface area contributed by atoms with Crippen LogP contribution in [0.4, 0.5) is 0 Å². The molecule has 0 spiro atoms. The van der Waals surface area contributed by atoms with E-state index in [0.29, 0.717) is 19.4 Å². The topological polar surface area (TPSA) is 217 Å². The van der Waals surface area contributed by atoms with Crippen LogP contribution in [0.25, 0.3) is 0 Å². The van der Waals surface area contributed by atoms with E-state index in [1.54, 1.807) is 0 Å². The number of hydrogen-bond acceptors (Lipinski definition) is 9. The molecule has 6 atom stereocenters. The molecular weight excluding hydrogens is 418 g/mol. The van der Waals surface area contributed by atoms with E-state index in [9.17, 15) is 34.5 Å². The smallest absolute Gasteiger partial charge is 0.326 e. The van der Waals surface area contributed by atoms with E-state index in [4.69, 9.17) is 11.5 Å². The van der Waals surface area contributed by atoms with E-state index >= 15 is 0 Å². The lowest BCUT2D eigenvalue weighted by molar-refractivity contribution is -0.142. The van der Waals surface area contributed by atoms with Crippen molar-refractivity contribution in [3.63, 3.8) is 0 Å². The average molecular weight is 452 g/mol. The van der Waals surface area contributed by atoms with Gasteiger partial charge in [0.15, 0.2) is 0 Å². The largest absolute Gasteiger partial charge is 0.480 e. The van der Waals surface area contributed by atoms with Crippen LogP contribution in [0.15, 0.2) is 0 Å². The number of unbranched alkanes of at least 4 members (excludes halogenated alkanes) is 1. The Morgan fingerprint density at radius 1 is 0.900 bits per heavy atom. The third-order valence-electron chi connectivity index (χ3n) is 4.26. The quantitative estimate of drug-likeness (QED) is 0.0951. The number of carboxylic acid groups (broad SMARTS) is 1. The second kappa shape index (κ2) is 14.1. The number of carbonyl (C=O) groups excluding carboxylic acids is 3. The second-order valence-corrected chi connectivity index (χ2v) is 7.29. The first-order chi connectivity index (χ1) is 14.0. The summed E-state index contributed by atoms with van der Waals surface area (Å²) in [6.07, 6.45) is -1.29. The molecule has 12 nitrogen and oxygen atoms in total. The molecule has 0 saturated heterocycles. The predicted octanol–water partition coefficient (Wildman–Crippen LogP) is -3.33. The number of amides is 3. The van der Waals surface area contributed by atoms with E-state index in [-0.39, 0.29) is 12.2 Å². The van der Waals surface area contributed by atoms with E-state index in [2.05, 4.69) is 28.6 Å². The van der Waals surface area contributed by atoms with Crippen LogP contribution in [0.2, 0.25) is 0 Å². The highest BCUT2D eigenvalue weighted by Gasteiger charge is 2.32. The molecule has 0 rings (SSSR count). The zero-order valence-electron chi connectivity index (χ0n) is 17.1. The summed E-state index contributed by atoms with van der Waals surface area (Å²) in [4.78, 5) is 48.2. The summed E-state index contributed by atoms with van der Waals surface area (Å²) in [5.74, 6) is -3.95. The molecule has 174 valence electrons. The van der Waals surface area contributed by atoms with Crippen LogP contribution in [0.5, 0.6) is 0 Å². The summed E-state index contributed by atoms with van der Waals surface area (Å²) >= 11 is 4.00. The van der Waals surface area contributed by atoms with Crippen molar-refractivity contribution in [2.75, 3.05) is 12.3 Å². The standard InChI is InChI=1S/C17H33N5O7S/c1-8(23)12(19)15(26)22-13(9(2)24)16(27)21-11(7-30)14(25)20-10(17(28)29)5-3-4-6-18/h8-13,23-24,30H,3-7,18-19H2,1-2H3,(H,20,25)(H,21,27)(H,22,26)(H,28,29). The minimum absolute atomic E-state index is 0.162. The number of hydrogen-bond donors (Lipinski definition) is 9. The van der Waals surface area contributed by atoms with Gasteiger partial charge in [0.1, 0.15) is 24.2 Å². The van der Waals surface area contributed by atoms with E-state index in [0.717, 1.165) is 0 Å². The number of nitrogens with two attached hydrogens (primary N) is 2. The van der Waals surface area contributed by atoms with Gasteiger partial charge in [-0.2, -0.15) is 12.6 Å². The fourth-order valence-electron chi connectivity index (χ4n) is 2.35. The number of nitrogens with one attached hydrogen (secondary N) is 3. The Kier molecular flexibility index (Phi) is 13.2. The molecule has 0 aliphatic carbocycles. The Hall–Kier alpha value is -1.93. The summed E-state index contributed by atoms with van der Waals surface area (Å²) in [6.45, 7) is 2.92. The molecular formula is C17H33N5O7S. The molecule has 0 aromatic carbocycles. The SMILES string of the molecule is CC(O)C(N)C(=O)NC(C(=O)NC(CS)C(=O)NC(CCCCN)C(=O)O)C(C)O. The van der Waals surface area contributed by atoms with Crippen molar-refractivity contribution in [3.8, 4) is 0 Å². The van der Waals surface area contributed by atoms with Gasteiger partial charge in [0, 0.05) is 5.75 Å². The Labute approximate surface area is 180 Å². The van der Waals surface area contributed by atoms with Gasteiger partial charge in [-0.1, -0.05) is 0 Å². The molecule has 30 heavy (non-hydrogen) atoms. The Morgan fingerprint density at radius 3 is 1.90 bits per heavy atom. The molecule has 13 heteroatoms. The second-order valence-electron chi connectivity index (χ2n) is 6.92. The third-order valence-corrected chi connectivity index (χ3v) is 4.63.